The maximum absolute atomic E-state index is 11.9. The second kappa shape index (κ2) is 6.69. The van der Waals surface area contributed by atoms with Crippen LogP contribution in [0.25, 0.3) is 10.9 Å². The van der Waals surface area contributed by atoms with Gasteiger partial charge in [0.1, 0.15) is 6.54 Å². The lowest BCUT2D eigenvalue weighted by Crippen LogP contribution is -2.35. The van der Waals surface area contributed by atoms with Crippen LogP contribution in [0.1, 0.15) is 6.92 Å². The first kappa shape index (κ1) is 14.8. The van der Waals surface area contributed by atoms with E-state index in [-0.39, 0.29) is 19.1 Å². The first-order valence-electron chi connectivity index (χ1n) is 6.62. The molecule has 1 N–H and O–H groups in total. The van der Waals surface area contributed by atoms with E-state index in [0.29, 0.717) is 5.69 Å². The van der Waals surface area contributed by atoms with Gasteiger partial charge in [-0.3, -0.25) is 9.78 Å². The number of fused-ring (bicyclic) bond motifs is 1. The predicted octanol–water partition coefficient (Wildman–Crippen LogP) is 2.26. The minimum Gasteiger partial charge on any atom is -0.450 e. The van der Waals surface area contributed by atoms with Gasteiger partial charge in [0, 0.05) is 24.3 Å². The van der Waals surface area contributed by atoms with Crippen LogP contribution in [0.3, 0.4) is 0 Å². The molecule has 2 amide bonds. The summed E-state index contributed by atoms with van der Waals surface area (Å²) in [4.78, 5) is 28.7. The van der Waals surface area contributed by atoms with E-state index in [9.17, 15) is 9.59 Å². The molecule has 0 bridgehead atoms. The summed E-state index contributed by atoms with van der Waals surface area (Å²) in [5.74, 6) is -0.284. The van der Waals surface area contributed by atoms with Crippen molar-refractivity contribution in [3.8, 4) is 0 Å². The van der Waals surface area contributed by atoms with Crippen LogP contribution in [-0.2, 0) is 9.53 Å². The van der Waals surface area contributed by atoms with Crippen LogP contribution in [-0.4, -0.2) is 42.1 Å². The molecule has 2 rings (SSSR count). The van der Waals surface area contributed by atoms with Crippen molar-refractivity contribution in [3.05, 3.63) is 36.5 Å². The number of benzene rings is 1. The monoisotopic (exact) mass is 287 g/mol. The molecule has 0 aliphatic heterocycles. The van der Waals surface area contributed by atoms with Crippen LogP contribution in [0, 0.1) is 0 Å². The summed E-state index contributed by atoms with van der Waals surface area (Å²) in [6.07, 6.45) is 1.20. The number of amides is 2. The molecule has 0 saturated carbocycles. The van der Waals surface area contributed by atoms with Gasteiger partial charge in [0.15, 0.2) is 0 Å². The third-order valence-corrected chi connectivity index (χ3v) is 2.85. The quantitative estimate of drug-likeness (QED) is 0.936. The molecule has 0 aliphatic rings. The number of hydrogen-bond donors (Lipinski definition) is 1. The number of likely N-dealkylation sites (N-methyl/N-ethyl adjacent to an activating group) is 1. The molecule has 6 nitrogen and oxygen atoms in total. The fourth-order valence-corrected chi connectivity index (χ4v) is 1.87. The van der Waals surface area contributed by atoms with Gasteiger partial charge in [0.05, 0.1) is 12.1 Å². The molecular formula is C15H17N3O3. The zero-order chi connectivity index (χ0) is 15.2. The van der Waals surface area contributed by atoms with Crippen LogP contribution in [0.5, 0.6) is 0 Å². The minimum absolute atomic E-state index is 0.0656. The Morgan fingerprint density at radius 2 is 2.14 bits per heavy atom. The highest BCUT2D eigenvalue weighted by atomic mass is 16.6. The number of rotatable bonds is 4. The van der Waals surface area contributed by atoms with E-state index < -0.39 is 6.09 Å². The summed E-state index contributed by atoms with van der Waals surface area (Å²) in [5, 5.41) is 3.68. The fourth-order valence-electron chi connectivity index (χ4n) is 1.87. The smallest absolute Gasteiger partial charge is 0.409 e. The second-order valence-electron chi connectivity index (χ2n) is 4.51. The topological polar surface area (TPSA) is 71.5 Å². The number of pyridine rings is 1. The minimum atomic E-state index is -0.518. The highest BCUT2D eigenvalue weighted by molar-refractivity contribution is 5.95. The molecule has 2 aromatic rings. The summed E-state index contributed by atoms with van der Waals surface area (Å²) in [5.41, 5.74) is 1.52. The van der Waals surface area contributed by atoms with Crippen LogP contribution < -0.4 is 5.32 Å². The third kappa shape index (κ3) is 3.92. The van der Waals surface area contributed by atoms with Gasteiger partial charge in [0.2, 0.25) is 5.91 Å². The molecule has 0 aliphatic carbocycles. The van der Waals surface area contributed by atoms with E-state index in [0.717, 1.165) is 10.9 Å². The van der Waals surface area contributed by atoms with Gasteiger partial charge in [-0.2, -0.15) is 0 Å². The molecule has 21 heavy (non-hydrogen) atoms. The lowest BCUT2D eigenvalue weighted by atomic mass is 10.2. The van der Waals surface area contributed by atoms with Crippen molar-refractivity contribution in [3.63, 3.8) is 0 Å². The van der Waals surface area contributed by atoms with E-state index in [2.05, 4.69) is 10.3 Å². The van der Waals surface area contributed by atoms with E-state index in [1.807, 2.05) is 24.3 Å². The lowest BCUT2D eigenvalue weighted by Gasteiger charge is -2.16. The standard InChI is InChI=1S/C15H17N3O3/c1-3-21-15(20)18(2)10-14(19)17-12-6-7-13-11(9-12)5-4-8-16-13/h4-9H,3,10H2,1-2H3,(H,17,19). The highest BCUT2D eigenvalue weighted by Crippen LogP contribution is 2.16. The van der Waals surface area contributed by atoms with Crippen molar-refractivity contribution in [1.82, 2.24) is 9.88 Å². The number of carbonyl (C=O) groups excluding carboxylic acids is 2. The molecular weight excluding hydrogens is 270 g/mol. The molecule has 1 heterocycles. The van der Waals surface area contributed by atoms with Gasteiger partial charge in [-0.15, -0.1) is 0 Å². The Labute approximate surface area is 122 Å². The van der Waals surface area contributed by atoms with Crippen molar-refractivity contribution in [2.75, 3.05) is 25.5 Å². The lowest BCUT2D eigenvalue weighted by molar-refractivity contribution is -0.116. The maximum Gasteiger partial charge on any atom is 0.409 e. The Morgan fingerprint density at radius 1 is 1.33 bits per heavy atom. The number of ether oxygens (including phenoxy) is 1. The molecule has 0 saturated heterocycles. The molecule has 1 aromatic carbocycles. The molecule has 0 fully saturated rings. The van der Waals surface area contributed by atoms with E-state index >= 15 is 0 Å². The van der Waals surface area contributed by atoms with Gasteiger partial charge in [-0.05, 0) is 31.2 Å². The summed E-state index contributed by atoms with van der Waals surface area (Å²) >= 11 is 0. The largest absolute Gasteiger partial charge is 0.450 e. The van der Waals surface area contributed by atoms with Gasteiger partial charge < -0.3 is 15.0 Å². The van der Waals surface area contributed by atoms with Crippen molar-refractivity contribution < 1.29 is 14.3 Å². The average Bonchev–Trinajstić information content (AvgIpc) is 2.47. The van der Waals surface area contributed by atoms with Crippen molar-refractivity contribution in [2.24, 2.45) is 0 Å². The van der Waals surface area contributed by atoms with Crippen LogP contribution in [0.15, 0.2) is 36.5 Å². The Kier molecular flexibility index (Phi) is 4.71. The predicted molar refractivity (Wildman–Crippen MR) is 80.0 cm³/mol. The molecule has 0 unspecified atom stereocenters. The molecule has 1 aromatic heterocycles. The fraction of sp³-hybridized carbons (Fsp3) is 0.267. The summed E-state index contributed by atoms with van der Waals surface area (Å²) < 4.78 is 4.81. The number of carbonyl (C=O) groups is 2. The van der Waals surface area contributed by atoms with Crippen molar-refractivity contribution >= 4 is 28.6 Å². The molecule has 110 valence electrons. The van der Waals surface area contributed by atoms with Crippen LogP contribution in [0.4, 0.5) is 10.5 Å². The normalized spacial score (nSPS) is 10.2. The summed E-state index contributed by atoms with van der Waals surface area (Å²) in [6.45, 7) is 1.93. The number of nitrogens with one attached hydrogen (secondary N) is 1. The summed E-state index contributed by atoms with van der Waals surface area (Å²) in [6, 6.07) is 9.20. The zero-order valence-electron chi connectivity index (χ0n) is 12.0. The van der Waals surface area contributed by atoms with Crippen molar-refractivity contribution in [2.45, 2.75) is 6.92 Å². The zero-order valence-corrected chi connectivity index (χ0v) is 12.0. The molecule has 0 radical (unpaired) electrons. The van der Waals surface area contributed by atoms with Crippen LogP contribution in [0.2, 0.25) is 0 Å². The molecule has 0 spiro atoms. The summed E-state index contributed by atoms with van der Waals surface area (Å²) in [7, 11) is 1.52. The van der Waals surface area contributed by atoms with Gasteiger partial charge in [0.25, 0.3) is 0 Å². The van der Waals surface area contributed by atoms with Gasteiger partial charge >= 0.3 is 6.09 Å². The molecule has 0 atom stereocenters. The first-order valence-corrected chi connectivity index (χ1v) is 6.62. The first-order chi connectivity index (χ1) is 10.1. The number of nitrogens with zero attached hydrogens (tertiary/aromatic N) is 2. The third-order valence-electron chi connectivity index (χ3n) is 2.85. The number of aromatic nitrogens is 1. The van der Waals surface area contributed by atoms with Gasteiger partial charge in [-0.25, -0.2) is 4.79 Å². The maximum atomic E-state index is 11.9. The Hall–Kier alpha value is -2.63. The SMILES string of the molecule is CCOC(=O)N(C)CC(=O)Nc1ccc2ncccc2c1. The van der Waals surface area contributed by atoms with Crippen LogP contribution >= 0.6 is 0 Å². The average molecular weight is 287 g/mol. The Bertz CT molecular complexity index is 657. The number of hydrogen-bond acceptors (Lipinski definition) is 4. The Morgan fingerprint density at radius 3 is 2.90 bits per heavy atom. The van der Waals surface area contributed by atoms with Crippen molar-refractivity contribution in [1.29, 1.82) is 0 Å². The van der Waals surface area contributed by atoms with Gasteiger partial charge in [-0.1, -0.05) is 6.07 Å². The van der Waals surface area contributed by atoms with E-state index in [4.69, 9.17) is 4.74 Å². The van der Waals surface area contributed by atoms with E-state index in [1.54, 1.807) is 19.2 Å². The molecule has 6 heteroatoms. The number of anilines is 1. The second-order valence-corrected chi connectivity index (χ2v) is 4.51. The Balaban J connectivity index is 1.99. The van der Waals surface area contributed by atoms with E-state index in [1.165, 1.54) is 11.9 Å². The highest BCUT2D eigenvalue weighted by Gasteiger charge is 2.13.